The van der Waals surface area contributed by atoms with Crippen molar-refractivity contribution >= 4 is 24.0 Å². The Bertz CT molecular complexity index is 823. The van der Waals surface area contributed by atoms with Crippen LogP contribution in [0.2, 0.25) is 0 Å². The molecule has 0 rings (SSSR count). The second-order valence-electron chi connectivity index (χ2n) is 7.92. The van der Waals surface area contributed by atoms with Crippen LogP contribution in [-0.4, -0.2) is 119 Å². The maximum Gasteiger partial charge on any atom is 0 e. The summed E-state index contributed by atoms with van der Waals surface area (Å²) in [6.45, 7) is 41.8. The van der Waals surface area contributed by atoms with Crippen molar-refractivity contribution in [1.29, 1.82) is 0 Å². The molecular weight excluding hydrogens is 778 g/mol. The quantitative estimate of drug-likeness (QED) is 0.0947. The summed E-state index contributed by atoms with van der Waals surface area (Å²) >= 11 is 0. The van der Waals surface area contributed by atoms with Gasteiger partial charge in [0.2, 0.25) is 17.7 Å². The zero-order chi connectivity index (χ0) is 42.0. The van der Waals surface area contributed by atoms with E-state index in [0.717, 1.165) is 0 Å². The van der Waals surface area contributed by atoms with Crippen molar-refractivity contribution in [3.63, 3.8) is 0 Å². The van der Waals surface area contributed by atoms with Gasteiger partial charge in [-0.05, 0) is 20.4 Å². The topological polar surface area (TPSA) is 353 Å². The molecule has 0 aromatic rings. The maximum absolute atomic E-state index is 11.4. The molecular formula is C29H44Co2N4O16-2. The molecule has 51 heavy (non-hydrogen) atoms. The van der Waals surface area contributed by atoms with E-state index in [-0.39, 0.29) is 91.6 Å². The molecule has 20 nitrogen and oxygen atoms in total. The predicted octanol–water partition coefficient (Wildman–Crippen LogP) is -2.49. The Morgan fingerprint density at radius 2 is 0.902 bits per heavy atom. The molecule has 0 aliphatic rings. The fourth-order valence-electron chi connectivity index (χ4n) is 1.38. The molecule has 2 radical (unpaired) electrons. The Morgan fingerprint density at radius 1 is 0.647 bits per heavy atom. The second-order valence-corrected chi connectivity index (χ2v) is 7.92. The number of hydrogen-bond acceptors (Lipinski definition) is 9. The number of nitrogens with zero attached hydrogens (tertiary/aromatic N) is 2. The second kappa shape index (κ2) is 85.9. The van der Waals surface area contributed by atoms with Gasteiger partial charge in [0, 0.05) is 74.5 Å². The van der Waals surface area contributed by atoms with E-state index < -0.39 is 11.1 Å². The van der Waals surface area contributed by atoms with E-state index in [0.29, 0.717) is 19.5 Å². The van der Waals surface area contributed by atoms with Gasteiger partial charge in [0.15, 0.2) is 0 Å². The molecule has 0 saturated heterocycles. The number of aliphatic hydroxyl groups is 4. The van der Waals surface area contributed by atoms with Gasteiger partial charge in [0.25, 0.3) is 0 Å². The Morgan fingerprint density at radius 3 is 1.08 bits per heavy atom. The third kappa shape index (κ3) is 99.0. The summed E-state index contributed by atoms with van der Waals surface area (Å²) < 4.78 is 60.0. The minimum atomic E-state index is -1.01. The molecule has 0 bridgehead atoms. The summed E-state index contributed by atoms with van der Waals surface area (Å²) in [4.78, 5) is 45.3. The Hall–Kier alpha value is -3.19. The van der Waals surface area contributed by atoms with Crippen LogP contribution in [0, 0.1) is 60.6 Å². The van der Waals surface area contributed by atoms with E-state index in [4.69, 9.17) is 63.4 Å². The first-order valence-corrected chi connectivity index (χ1v) is 11.6. The first kappa shape index (κ1) is 91.6. The summed E-state index contributed by atoms with van der Waals surface area (Å²) in [7, 11) is 3.26. The molecule has 22 heteroatoms. The smallest absolute Gasteiger partial charge is 0 e. The number of amides is 3. The summed E-state index contributed by atoms with van der Waals surface area (Å²) in [5.74, 6) is -0.441. The number of carbonyl (C=O) groups is 3. The number of carbonyl (C=O) groups excluding carboxylic acids is 4. The van der Waals surface area contributed by atoms with Crippen LogP contribution in [0.4, 0.5) is 0 Å². The van der Waals surface area contributed by atoms with E-state index in [2.05, 4.69) is 58.5 Å². The van der Waals surface area contributed by atoms with Crippen LogP contribution in [-0.2, 0) is 90.0 Å². The number of nitrogens with two attached hydrogens (primary N) is 1. The molecule has 0 aromatic heterocycles. The van der Waals surface area contributed by atoms with E-state index in [1.165, 1.54) is 23.6 Å². The molecule has 3 amide bonds. The third-order valence-corrected chi connectivity index (χ3v) is 4.16. The van der Waals surface area contributed by atoms with Gasteiger partial charge in [-0.3, -0.25) is 20.7 Å². The molecule has 7 N–H and O–H groups in total. The van der Waals surface area contributed by atoms with Gasteiger partial charge < -0.3 is 53.5 Å². The monoisotopic (exact) mass is 822 g/mol. The zero-order valence-electron chi connectivity index (χ0n) is 29.0. The number of nitrogens with one attached hydrogen (secondary N) is 1. The summed E-state index contributed by atoms with van der Waals surface area (Å²) in [6.07, 6.45) is 2.16. The van der Waals surface area contributed by atoms with Crippen LogP contribution < -0.4 is 11.1 Å². The van der Waals surface area contributed by atoms with Gasteiger partial charge in [-0.15, -0.1) is 6.42 Å². The van der Waals surface area contributed by atoms with Gasteiger partial charge in [-0.2, -0.15) is 0 Å². The van der Waals surface area contributed by atoms with E-state index >= 15 is 0 Å². The van der Waals surface area contributed by atoms with Gasteiger partial charge >= 0.3 is 90.4 Å². The van der Waals surface area contributed by atoms with E-state index in [9.17, 15) is 19.2 Å². The van der Waals surface area contributed by atoms with Crippen LogP contribution in [0.15, 0.2) is 0 Å². The molecule has 0 atom stereocenters. The largest absolute Gasteiger partial charge is 0.358 e. The predicted molar refractivity (Wildman–Crippen MR) is 157 cm³/mol. The molecule has 0 saturated carbocycles. The molecule has 0 aliphatic heterocycles. The normalized spacial score (nSPS) is 6.96. The SMILES string of the molecule is CC(=O)N(C)CCC(=O)NC(C)(CO)CO.CC(=O)N(C)CC[C-]=O.CC(N)(CO)CO.[C-]#[O+].[C-]#[O+].[C-]#[O+].[C-]#[O+].[C-]#[O+].[C-]#[O+].[C-]#[O+].[C-]#[O+].[CH3-].[Co].[Co]. The summed E-state index contributed by atoms with van der Waals surface area (Å²) in [5.41, 5.74) is 3.40. The first-order valence-electron chi connectivity index (χ1n) is 11.6. The van der Waals surface area contributed by atoms with Crippen molar-refractivity contribution in [2.24, 2.45) is 5.73 Å². The minimum Gasteiger partial charge on any atom is -0.358 e. The number of aliphatic hydroxyl groups excluding tert-OH is 4. The average molecular weight is 823 g/mol. The fourth-order valence-corrected chi connectivity index (χ4v) is 1.38. The van der Waals surface area contributed by atoms with Crippen molar-refractivity contribution in [2.45, 2.75) is 51.6 Å². The zero-order valence-corrected chi connectivity index (χ0v) is 31.1. The molecule has 0 spiro atoms. The van der Waals surface area contributed by atoms with E-state index in [1.54, 1.807) is 34.2 Å². The summed E-state index contributed by atoms with van der Waals surface area (Å²) in [5, 5.41) is 37.0. The standard InChI is InChI=1S/C10H20N2O4.C6H10NO2.C4H11NO2.8CO.CH3.2Co/c1-8(15)12(3)5-4-9(16)11-10(2,6-13)7-14;1-6(9)7(2)4-3-5-8;1-4(5,2-6)3-7;8*1-2;;;/h13-14H,4-7H2,1-3H3,(H,11,16);3-4H2,1-2H3;6-7H,2-3,5H2,1H3;;;;;;;;;1H3;;/q;-1;;;;;;;;;;-1;;. The van der Waals surface area contributed by atoms with Crippen LogP contribution in [0.1, 0.15) is 40.5 Å². The van der Waals surface area contributed by atoms with Gasteiger partial charge in [0.05, 0.1) is 37.5 Å². The van der Waals surface area contributed by atoms with Crippen molar-refractivity contribution in [2.75, 3.05) is 53.6 Å². The number of hydrogen-bond donors (Lipinski definition) is 6. The van der Waals surface area contributed by atoms with Gasteiger partial charge in [0.1, 0.15) is 0 Å². The molecule has 0 aromatic carbocycles. The molecule has 0 heterocycles. The third-order valence-electron chi connectivity index (χ3n) is 4.16. The Kier molecular flexibility index (Phi) is 154. The maximum atomic E-state index is 11.4. The molecule has 0 aliphatic carbocycles. The van der Waals surface area contributed by atoms with Crippen molar-refractivity contribution in [1.82, 2.24) is 15.1 Å². The molecule has 296 valence electrons. The van der Waals surface area contributed by atoms with Crippen LogP contribution >= 0.6 is 0 Å². The fraction of sp³-hybridized carbons (Fsp3) is 0.552. The summed E-state index contributed by atoms with van der Waals surface area (Å²) in [6, 6.07) is 0. The van der Waals surface area contributed by atoms with Gasteiger partial charge in [-0.1, -0.05) is 0 Å². The molecule has 0 unspecified atom stereocenters. The Labute approximate surface area is 320 Å². The van der Waals surface area contributed by atoms with Crippen molar-refractivity contribution in [3.8, 4) is 0 Å². The first-order chi connectivity index (χ1) is 22.6. The van der Waals surface area contributed by atoms with Crippen molar-refractivity contribution in [3.05, 3.63) is 60.6 Å². The van der Waals surface area contributed by atoms with Crippen LogP contribution in [0.5, 0.6) is 0 Å². The van der Waals surface area contributed by atoms with Crippen molar-refractivity contribution < 1.29 is 110 Å². The van der Waals surface area contributed by atoms with E-state index in [1.807, 2.05) is 0 Å². The number of rotatable bonds is 11. The van der Waals surface area contributed by atoms with Crippen LogP contribution in [0.25, 0.3) is 0 Å². The minimum absolute atomic E-state index is 0. The Balaban J connectivity index is -0.0000000283. The van der Waals surface area contributed by atoms with Crippen LogP contribution in [0.3, 0.4) is 0 Å². The van der Waals surface area contributed by atoms with Gasteiger partial charge in [-0.25, -0.2) is 0 Å². The molecule has 0 fully saturated rings. The average Bonchev–Trinajstić information content (AvgIpc) is 3.16.